The van der Waals surface area contributed by atoms with E-state index in [1.807, 2.05) is 48.5 Å². The summed E-state index contributed by atoms with van der Waals surface area (Å²) in [5.74, 6) is -2.60. The van der Waals surface area contributed by atoms with Gasteiger partial charge in [-0.2, -0.15) is 0 Å². The number of alkyl carbamates (subject to hydrolysis) is 1. The second-order valence-electron chi connectivity index (χ2n) is 14.4. The van der Waals surface area contributed by atoms with Crippen LogP contribution in [0.1, 0.15) is 83.3 Å². The second-order valence-corrected chi connectivity index (χ2v) is 14.4. The number of carboxylic acid groups (broad SMARTS) is 1. The fraction of sp³-hybridized carbons (Fsp3) is 0.541. The highest BCUT2D eigenvalue weighted by Crippen LogP contribution is 2.44. The fourth-order valence-corrected chi connectivity index (χ4v) is 7.19. The van der Waals surface area contributed by atoms with Gasteiger partial charge in [0.1, 0.15) is 30.3 Å². The molecule has 3 N–H and O–H groups in total. The van der Waals surface area contributed by atoms with Crippen LogP contribution in [0.3, 0.4) is 0 Å². The number of rotatable bonds is 9. The number of carbonyl (C=O) groups is 5. The van der Waals surface area contributed by atoms with Gasteiger partial charge in [-0.15, -0.1) is 0 Å². The van der Waals surface area contributed by atoms with Crippen molar-refractivity contribution in [2.45, 2.75) is 102 Å². The SMILES string of the molecule is C[C@@H](C(=O)N[C@H](C(=O)N1CC(NC(=O)OCC2c3ccccc3-c3ccccc32)CC1C(=O)O)C1CCCCC1)N(C)C(=O)OC(C)(C)C. The van der Waals surface area contributed by atoms with Crippen LogP contribution in [-0.4, -0.2) is 94.8 Å². The van der Waals surface area contributed by atoms with Gasteiger partial charge in [0.2, 0.25) is 11.8 Å². The third-order valence-corrected chi connectivity index (χ3v) is 9.86. The van der Waals surface area contributed by atoms with Crippen molar-refractivity contribution in [2.24, 2.45) is 5.92 Å². The largest absolute Gasteiger partial charge is 0.480 e. The van der Waals surface area contributed by atoms with Crippen molar-refractivity contribution in [1.82, 2.24) is 20.4 Å². The summed E-state index contributed by atoms with van der Waals surface area (Å²) < 4.78 is 11.1. The van der Waals surface area contributed by atoms with E-state index >= 15 is 0 Å². The Labute approximate surface area is 287 Å². The molecule has 0 spiro atoms. The lowest BCUT2D eigenvalue weighted by molar-refractivity contribution is -0.150. The van der Waals surface area contributed by atoms with Crippen LogP contribution < -0.4 is 10.6 Å². The van der Waals surface area contributed by atoms with Crippen molar-refractivity contribution in [3.05, 3.63) is 59.7 Å². The van der Waals surface area contributed by atoms with E-state index in [9.17, 15) is 29.1 Å². The van der Waals surface area contributed by atoms with Gasteiger partial charge in [-0.3, -0.25) is 14.5 Å². The summed E-state index contributed by atoms with van der Waals surface area (Å²) in [4.78, 5) is 68.2. The molecule has 49 heavy (non-hydrogen) atoms. The molecule has 264 valence electrons. The summed E-state index contributed by atoms with van der Waals surface area (Å²) in [6.07, 6.45) is 2.79. The zero-order chi connectivity index (χ0) is 35.5. The molecule has 2 fully saturated rings. The molecule has 2 aliphatic carbocycles. The van der Waals surface area contributed by atoms with E-state index in [0.717, 1.165) is 41.5 Å². The van der Waals surface area contributed by atoms with Gasteiger partial charge in [0.05, 0.1) is 6.04 Å². The van der Waals surface area contributed by atoms with Crippen LogP contribution in [0.15, 0.2) is 48.5 Å². The molecular formula is C37H48N4O8. The Hall–Kier alpha value is -4.61. The number of ether oxygens (including phenoxy) is 2. The number of nitrogens with zero attached hydrogens (tertiary/aromatic N) is 2. The smallest absolute Gasteiger partial charge is 0.410 e. The number of amides is 4. The Bertz CT molecular complexity index is 1520. The molecule has 1 aliphatic heterocycles. The molecule has 2 aromatic carbocycles. The minimum atomic E-state index is -1.20. The van der Waals surface area contributed by atoms with Crippen LogP contribution in [-0.2, 0) is 23.9 Å². The summed E-state index contributed by atoms with van der Waals surface area (Å²) in [5.41, 5.74) is 3.59. The number of benzene rings is 2. The average Bonchev–Trinajstić information content (AvgIpc) is 3.64. The van der Waals surface area contributed by atoms with E-state index < -0.39 is 59.7 Å². The number of fused-ring (bicyclic) bond motifs is 3. The molecule has 1 heterocycles. The van der Waals surface area contributed by atoms with E-state index in [2.05, 4.69) is 10.6 Å². The van der Waals surface area contributed by atoms with Crippen LogP contribution >= 0.6 is 0 Å². The van der Waals surface area contributed by atoms with Gasteiger partial charge >= 0.3 is 18.2 Å². The first kappa shape index (κ1) is 35.7. The molecule has 0 bridgehead atoms. The molecule has 1 saturated heterocycles. The lowest BCUT2D eigenvalue weighted by atomic mass is 9.83. The number of hydrogen-bond acceptors (Lipinski definition) is 7. The Morgan fingerprint density at radius 1 is 0.959 bits per heavy atom. The van der Waals surface area contributed by atoms with Crippen molar-refractivity contribution < 1.29 is 38.6 Å². The molecule has 3 aliphatic rings. The van der Waals surface area contributed by atoms with Gasteiger partial charge in [0.15, 0.2) is 0 Å². The number of carboxylic acids is 1. The van der Waals surface area contributed by atoms with Gasteiger partial charge in [-0.25, -0.2) is 14.4 Å². The topological polar surface area (TPSA) is 155 Å². The summed E-state index contributed by atoms with van der Waals surface area (Å²) in [7, 11) is 1.45. The standard InChI is InChI=1S/C37H48N4O8/c1-22(40(5)36(47)49-37(2,3)4)32(42)39-31(23-13-7-6-8-14-23)33(43)41-20-24(19-30(41)34(44)45)38-35(46)48-21-29-27-17-11-9-15-25(27)26-16-10-12-18-28(26)29/h9-12,15-18,22-24,29-31H,6-8,13-14,19-21H2,1-5H3,(H,38,46)(H,39,42)(H,44,45)/t22-,24?,30?,31-/m0/s1. The highest BCUT2D eigenvalue weighted by molar-refractivity contribution is 5.93. The minimum Gasteiger partial charge on any atom is -0.480 e. The van der Waals surface area contributed by atoms with Crippen LogP contribution in [0.25, 0.3) is 11.1 Å². The molecule has 12 heteroatoms. The first-order valence-electron chi connectivity index (χ1n) is 17.2. The molecule has 5 rings (SSSR count). The second kappa shape index (κ2) is 14.9. The van der Waals surface area contributed by atoms with Crippen LogP contribution in [0.4, 0.5) is 9.59 Å². The Kier molecular flexibility index (Phi) is 10.8. The van der Waals surface area contributed by atoms with Gasteiger partial charge in [-0.05, 0) is 68.7 Å². The van der Waals surface area contributed by atoms with Crippen molar-refractivity contribution in [3.8, 4) is 11.1 Å². The van der Waals surface area contributed by atoms with E-state index in [0.29, 0.717) is 12.8 Å². The summed E-state index contributed by atoms with van der Waals surface area (Å²) >= 11 is 0. The minimum absolute atomic E-state index is 0.00557. The van der Waals surface area contributed by atoms with E-state index in [-0.39, 0.29) is 31.4 Å². The molecule has 4 amide bonds. The highest BCUT2D eigenvalue weighted by atomic mass is 16.6. The van der Waals surface area contributed by atoms with Crippen molar-refractivity contribution in [3.63, 3.8) is 0 Å². The predicted molar refractivity (Wildman–Crippen MR) is 182 cm³/mol. The first-order valence-corrected chi connectivity index (χ1v) is 17.2. The molecule has 0 radical (unpaired) electrons. The Balaban J connectivity index is 1.25. The number of likely N-dealkylation sites (N-methyl/N-ethyl adjacent to an activating group) is 1. The first-order chi connectivity index (χ1) is 23.2. The summed E-state index contributed by atoms with van der Waals surface area (Å²) in [6, 6.07) is 12.2. The number of hydrogen-bond donors (Lipinski definition) is 3. The third-order valence-electron chi connectivity index (χ3n) is 9.86. The predicted octanol–water partition coefficient (Wildman–Crippen LogP) is 4.90. The maximum absolute atomic E-state index is 14.2. The van der Waals surface area contributed by atoms with E-state index in [1.165, 1.54) is 16.8 Å². The maximum Gasteiger partial charge on any atom is 0.410 e. The summed E-state index contributed by atoms with van der Waals surface area (Å²) in [5, 5.41) is 15.8. The monoisotopic (exact) mass is 676 g/mol. The molecule has 0 aromatic heterocycles. The van der Waals surface area contributed by atoms with Gasteiger partial charge in [-0.1, -0.05) is 67.8 Å². The van der Waals surface area contributed by atoms with Crippen LogP contribution in [0.2, 0.25) is 0 Å². The molecule has 2 aromatic rings. The van der Waals surface area contributed by atoms with Gasteiger partial charge < -0.3 is 30.1 Å². The van der Waals surface area contributed by atoms with E-state index in [1.54, 1.807) is 27.7 Å². The molecule has 4 atom stereocenters. The van der Waals surface area contributed by atoms with Crippen molar-refractivity contribution in [1.29, 1.82) is 0 Å². The molecule has 12 nitrogen and oxygen atoms in total. The lowest BCUT2D eigenvalue weighted by Crippen LogP contribution is -2.58. The molecular weight excluding hydrogens is 628 g/mol. The Morgan fingerprint density at radius 3 is 2.12 bits per heavy atom. The number of aliphatic carboxylic acids is 1. The molecule has 2 unspecified atom stereocenters. The van der Waals surface area contributed by atoms with Crippen molar-refractivity contribution in [2.75, 3.05) is 20.2 Å². The fourth-order valence-electron chi connectivity index (χ4n) is 7.19. The average molecular weight is 677 g/mol. The highest BCUT2D eigenvalue weighted by Gasteiger charge is 2.45. The van der Waals surface area contributed by atoms with E-state index in [4.69, 9.17) is 9.47 Å². The van der Waals surface area contributed by atoms with Crippen molar-refractivity contribution >= 4 is 30.0 Å². The van der Waals surface area contributed by atoms with Crippen LogP contribution in [0.5, 0.6) is 0 Å². The quantitative estimate of drug-likeness (QED) is 0.339. The number of likely N-dealkylation sites (tertiary alicyclic amines) is 1. The summed E-state index contributed by atoms with van der Waals surface area (Å²) in [6.45, 7) is 6.78. The van der Waals surface area contributed by atoms with Crippen LogP contribution in [0, 0.1) is 5.92 Å². The lowest BCUT2D eigenvalue weighted by Gasteiger charge is -2.35. The zero-order valence-electron chi connectivity index (χ0n) is 28.9. The normalized spacial score (nSPS) is 20.4. The molecule has 1 saturated carbocycles. The Morgan fingerprint density at radius 2 is 1.55 bits per heavy atom. The number of carbonyl (C=O) groups excluding carboxylic acids is 4. The number of nitrogens with one attached hydrogen (secondary N) is 2. The zero-order valence-corrected chi connectivity index (χ0v) is 28.9. The van der Waals surface area contributed by atoms with Gasteiger partial charge in [0, 0.05) is 25.9 Å². The third kappa shape index (κ3) is 8.17. The maximum atomic E-state index is 14.2. The van der Waals surface area contributed by atoms with Gasteiger partial charge in [0.25, 0.3) is 0 Å².